The van der Waals surface area contributed by atoms with Crippen LogP contribution in [0.5, 0.6) is 0 Å². The maximum atomic E-state index is 13.3. The summed E-state index contributed by atoms with van der Waals surface area (Å²) in [5, 5.41) is 0.459. The second-order valence-electron chi connectivity index (χ2n) is 6.74. The third kappa shape index (κ3) is 6.88. The van der Waals surface area contributed by atoms with Crippen LogP contribution < -0.4 is 9.66 Å². The fraction of sp³-hybridized carbons (Fsp3) is 0.391. The Bertz CT molecular complexity index is 890. The Morgan fingerprint density at radius 1 is 0.903 bits per heavy atom. The average molecular weight is 508 g/mol. The SMILES string of the molecule is CCOC(=O)C(Cc1ccccc1)C(=O)[As](C)c1ccc(P(=O)(OCC)OCC)cc1. The van der Waals surface area contributed by atoms with Crippen LogP contribution in [0.4, 0.5) is 0 Å². The first-order valence-electron chi connectivity index (χ1n) is 10.3. The summed E-state index contributed by atoms with van der Waals surface area (Å²) in [5.41, 5.74) is 2.83. The predicted octanol–water partition coefficient (Wildman–Crippen LogP) is 3.44. The van der Waals surface area contributed by atoms with Gasteiger partial charge in [-0.1, -0.05) is 0 Å². The van der Waals surface area contributed by atoms with Crippen LogP contribution in [0.25, 0.3) is 0 Å². The van der Waals surface area contributed by atoms with Crippen molar-refractivity contribution in [2.24, 2.45) is 5.92 Å². The second kappa shape index (κ2) is 12.4. The number of benzene rings is 2. The van der Waals surface area contributed by atoms with Crippen LogP contribution >= 0.6 is 7.60 Å². The van der Waals surface area contributed by atoms with E-state index in [0.717, 1.165) is 9.91 Å². The minimum absolute atomic E-state index is 0.0691. The molecule has 2 rings (SSSR count). The molecule has 168 valence electrons. The van der Waals surface area contributed by atoms with Gasteiger partial charge in [0, 0.05) is 0 Å². The van der Waals surface area contributed by atoms with Gasteiger partial charge >= 0.3 is 189 Å². The Kier molecular flexibility index (Phi) is 10.2. The molecule has 2 aromatic carbocycles. The molecule has 0 heterocycles. The molecule has 0 radical (unpaired) electrons. The molecule has 0 amide bonds. The molecule has 0 bridgehead atoms. The number of carbonyl (C=O) groups is 2. The summed E-state index contributed by atoms with van der Waals surface area (Å²) in [6.45, 7) is 6.02. The zero-order chi connectivity index (χ0) is 22.9. The van der Waals surface area contributed by atoms with E-state index in [2.05, 4.69) is 0 Å². The Morgan fingerprint density at radius 2 is 1.48 bits per heavy atom. The molecule has 31 heavy (non-hydrogen) atoms. The van der Waals surface area contributed by atoms with Gasteiger partial charge in [-0.2, -0.15) is 0 Å². The quantitative estimate of drug-likeness (QED) is 0.189. The molecule has 0 aliphatic heterocycles. The van der Waals surface area contributed by atoms with Gasteiger partial charge in [0.15, 0.2) is 0 Å². The molecule has 2 aromatic rings. The van der Waals surface area contributed by atoms with Gasteiger partial charge in [0.25, 0.3) is 0 Å². The zero-order valence-electron chi connectivity index (χ0n) is 18.4. The second-order valence-corrected chi connectivity index (χ2v) is 13.1. The van der Waals surface area contributed by atoms with Crippen molar-refractivity contribution < 1.29 is 27.9 Å². The van der Waals surface area contributed by atoms with Crippen LogP contribution in [0.1, 0.15) is 26.3 Å². The van der Waals surface area contributed by atoms with Gasteiger partial charge in [-0.15, -0.1) is 0 Å². The van der Waals surface area contributed by atoms with E-state index < -0.39 is 34.1 Å². The van der Waals surface area contributed by atoms with Gasteiger partial charge in [0.2, 0.25) is 0 Å². The monoisotopic (exact) mass is 508 g/mol. The van der Waals surface area contributed by atoms with E-state index in [9.17, 15) is 14.2 Å². The molecular formula is C23H30AsO6P. The number of esters is 1. The number of hydrogen-bond acceptors (Lipinski definition) is 6. The summed E-state index contributed by atoms with van der Waals surface area (Å²) in [4.78, 5) is 25.9. The van der Waals surface area contributed by atoms with Crippen molar-refractivity contribution in [1.82, 2.24) is 0 Å². The Labute approximate surface area is 189 Å². The summed E-state index contributed by atoms with van der Waals surface area (Å²) in [7, 11) is -3.38. The first kappa shape index (κ1) is 25.5. The van der Waals surface area contributed by atoms with E-state index in [1.54, 1.807) is 45.0 Å². The number of rotatable bonds is 12. The van der Waals surface area contributed by atoms with Gasteiger partial charge in [0.05, 0.1) is 0 Å². The molecule has 2 atom stereocenters. The zero-order valence-corrected chi connectivity index (χ0v) is 21.2. The van der Waals surface area contributed by atoms with E-state index in [0.29, 0.717) is 11.7 Å². The number of hydrogen-bond donors (Lipinski definition) is 0. The van der Waals surface area contributed by atoms with Crippen molar-refractivity contribution in [3.63, 3.8) is 0 Å². The molecule has 0 aromatic heterocycles. The molecule has 6 nitrogen and oxygen atoms in total. The standard InChI is InChI=1S/C23H30AsO6P/c1-5-28-23(26)21(17-18-11-9-8-10-12-18)22(25)24(4)19-13-15-20(16-14-19)31(27,29-6-2)30-7-3/h8-16,21H,5-7,17H2,1-4H3. The Hall–Kier alpha value is -1.71. The normalized spacial score (nSPS) is 13.4. The first-order valence-corrected chi connectivity index (χ1v) is 15.6. The maximum absolute atomic E-state index is 13.3. The van der Waals surface area contributed by atoms with Crippen LogP contribution in [-0.4, -0.2) is 45.0 Å². The molecule has 2 unspecified atom stereocenters. The summed E-state index contributed by atoms with van der Waals surface area (Å²) in [6, 6.07) is 16.4. The van der Waals surface area contributed by atoms with Crippen molar-refractivity contribution >= 4 is 42.4 Å². The number of carbonyl (C=O) groups excluding carboxylic acids is 2. The molecule has 0 fully saturated rings. The fourth-order valence-electron chi connectivity index (χ4n) is 3.11. The summed E-state index contributed by atoms with van der Waals surface area (Å²) < 4.78 is 29.7. The fourth-order valence-corrected chi connectivity index (χ4v) is 7.86. The van der Waals surface area contributed by atoms with Crippen molar-refractivity contribution in [3.05, 3.63) is 60.2 Å². The van der Waals surface area contributed by atoms with E-state index >= 15 is 0 Å². The molecule has 0 aliphatic rings. The molecule has 0 aliphatic carbocycles. The first-order chi connectivity index (χ1) is 14.9. The van der Waals surface area contributed by atoms with Crippen molar-refractivity contribution in [2.45, 2.75) is 32.9 Å². The van der Waals surface area contributed by atoms with Crippen LogP contribution in [0.2, 0.25) is 5.71 Å². The Balaban J connectivity index is 2.25. The molecule has 0 spiro atoms. The third-order valence-corrected chi connectivity index (χ3v) is 11.1. The molecule has 0 N–H and O–H groups in total. The van der Waals surface area contributed by atoms with Crippen LogP contribution in [0, 0.1) is 5.92 Å². The Morgan fingerprint density at radius 3 is 2.00 bits per heavy atom. The van der Waals surface area contributed by atoms with Gasteiger partial charge < -0.3 is 0 Å². The topological polar surface area (TPSA) is 78.9 Å². The molecular weight excluding hydrogens is 478 g/mol. The van der Waals surface area contributed by atoms with Crippen molar-refractivity contribution in [2.75, 3.05) is 19.8 Å². The summed E-state index contributed by atoms with van der Waals surface area (Å²) in [5.74, 6) is -1.31. The van der Waals surface area contributed by atoms with Crippen LogP contribution in [-0.2, 0) is 34.4 Å². The van der Waals surface area contributed by atoms with E-state index in [4.69, 9.17) is 13.8 Å². The number of ether oxygens (including phenoxy) is 1. The van der Waals surface area contributed by atoms with Gasteiger partial charge in [-0.05, 0) is 0 Å². The third-order valence-electron chi connectivity index (χ3n) is 4.63. The average Bonchev–Trinajstić information content (AvgIpc) is 2.78. The molecule has 8 heteroatoms. The van der Waals surface area contributed by atoms with E-state index in [1.165, 1.54) is 0 Å². The molecule has 0 saturated carbocycles. The van der Waals surface area contributed by atoms with Crippen molar-refractivity contribution in [1.29, 1.82) is 0 Å². The van der Waals surface area contributed by atoms with Gasteiger partial charge in [-0.25, -0.2) is 0 Å². The summed E-state index contributed by atoms with van der Waals surface area (Å²) >= 11 is -2.23. The van der Waals surface area contributed by atoms with E-state index in [1.807, 2.05) is 36.0 Å². The minimum atomic E-state index is -3.38. The predicted molar refractivity (Wildman–Crippen MR) is 123 cm³/mol. The van der Waals surface area contributed by atoms with Gasteiger partial charge in [-0.3, -0.25) is 0 Å². The van der Waals surface area contributed by atoms with Crippen molar-refractivity contribution in [3.8, 4) is 0 Å². The van der Waals surface area contributed by atoms with E-state index in [-0.39, 0.29) is 24.4 Å². The summed E-state index contributed by atoms with van der Waals surface area (Å²) in [6.07, 6.45) is 0.319. The van der Waals surface area contributed by atoms with Gasteiger partial charge in [0.1, 0.15) is 0 Å². The van der Waals surface area contributed by atoms with Crippen LogP contribution in [0.15, 0.2) is 54.6 Å². The molecule has 0 saturated heterocycles. The van der Waals surface area contributed by atoms with Crippen LogP contribution in [0.3, 0.4) is 0 Å².